The topological polar surface area (TPSA) is 79.1 Å². The zero-order valence-electron chi connectivity index (χ0n) is 23.9. The Labute approximate surface area is 234 Å². The molecule has 0 fully saturated rings. The van der Waals surface area contributed by atoms with Crippen LogP contribution < -0.4 is 9.47 Å². The Morgan fingerprint density at radius 2 is 1.26 bits per heavy atom. The molecule has 212 valence electrons. The average molecular weight is 535 g/mol. The minimum Gasteiger partial charge on any atom is -0.494 e. The van der Waals surface area contributed by atoms with E-state index in [-0.39, 0.29) is 0 Å². The number of tetrazole rings is 1. The minimum atomic E-state index is -0.403. The molecule has 0 radical (unpaired) electrons. The van der Waals surface area contributed by atoms with E-state index >= 15 is 0 Å². The van der Waals surface area contributed by atoms with Crippen LogP contribution in [-0.2, 0) is 6.54 Å². The van der Waals surface area contributed by atoms with Crippen LogP contribution in [0.2, 0.25) is 0 Å². The van der Waals surface area contributed by atoms with Crippen LogP contribution in [0.15, 0.2) is 48.5 Å². The first-order valence-electron chi connectivity index (χ1n) is 15.0. The Balaban J connectivity index is 1.37. The molecule has 1 heterocycles. The van der Waals surface area contributed by atoms with Gasteiger partial charge >= 0.3 is 5.97 Å². The van der Waals surface area contributed by atoms with Gasteiger partial charge in [0.25, 0.3) is 0 Å². The summed E-state index contributed by atoms with van der Waals surface area (Å²) in [7, 11) is 0. The van der Waals surface area contributed by atoms with Gasteiger partial charge in [0.1, 0.15) is 11.5 Å². The second kappa shape index (κ2) is 18.1. The van der Waals surface area contributed by atoms with Gasteiger partial charge in [0, 0.05) is 5.56 Å². The smallest absolute Gasteiger partial charge is 0.343 e. The van der Waals surface area contributed by atoms with Crippen molar-refractivity contribution in [3.05, 3.63) is 54.1 Å². The molecule has 3 aromatic rings. The lowest BCUT2D eigenvalue weighted by molar-refractivity contribution is 0.0734. The number of carbonyl (C=O) groups excluding carboxylic acids is 1. The van der Waals surface area contributed by atoms with Gasteiger partial charge in [-0.2, -0.15) is 4.80 Å². The molecule has 0 amide bonds. The van der Waals surface area contributed by atoms with Gasteiger partial charge in [-0.15, -0.1) is 10.2 Å². The third kappa shape index (κ3) is 11.6. The molecule has 0 aliphatic rings. The summed E-state index contributed by atoms with van der Waals surface area (Å²) in [4.78, 5) is 14.3. The van der Waals surface area contributed by atoms with Crippen LogP contribution in [0.1, 0.15) is 114 Å². The number of nitrogens with zero attached hydrogens (tertiary/aromatic N) is 4. The summed E-state index contributed by atoms with van der Waals surface area (Å²) in [5.74, 6) is 1.41. The van der Waals surface area contributed by atoms with E-state index in [1.807, 2.05) is 24.3 Å². The molecule has 1 aromatic heterocycles. The molecular formula is C32H46N4O3. The first-order chi connectivity index (χ1) is 19.2. The molecule has 0 unspecified atom stereocenters. The fourth-order valence-electron chi connectivity index (χ4n) is 4.44. The van der Waals surface area contributed by atoms with E-state index in [1.165, 1.54) is 77.0 Å². The standard InChI is InChI=1S/C32H46N4O3/c1-3-5-7-9-11-13-15-25-36-34-31(33-35-36)27-17-23-30(24-18-27)39-32(37)28-19-21-29(22-20-28)38-26-16-14-12-10-8-6-4-2/h17-24H,3-16,25-26H2,1-2H3. The van der Waals surface area contributed by atoms with Crippen molar-refractivity contribution in [1.82, 2.24) is 20.2 Å². The zero-order valence-corrected chi connectivity index (χ0v) is 23.9. The maximum atomic E-state index is 12.6. The van der Waals surface area contributed by atoms with E-state index in [0.29, 0.717) is 23.7 Å². The van der Waals surface area contributed by atoms with Crippen molar-refractivity contribution in [1.29, 1.82) is 0 Å². The Morgan fingerprint density at radius 1 is 0.692 bits per heavy atom. The van der Waals surface area contributed by atoms with Crippen LogP contribution in [0.25, 0.3) is 11.4 Å². The maximum Gasteiger partial charge on any atom is 0.343 e. The fourth-order valence-corrected chi connectivity index (χ4v) is 4.44. The normalized spacial score (nSPS) is 11.0. The summed E-state index contributed by atoms with van der Waals surface area (Å²) in [6.45, 7) is 5.95. The van der Waals surface area contributed by atoms with E-state index < -0.39 is 5.97 Å². The predicted molar refractivity (Wildman–Crippen MR) is 156 cm³/mol. The van der Waals surface area contributed by atoms with Crippen LogP contribution in [0.3, 0.4) is 0 Å². The van der Waals surface area contributed by atoms with Crippen molar-refractivity contribution in [2.24, 2.45) is 0 Å². The summed E-state index contributed by atoms with van der Waals surface area (Å²) >= 11 is 0. The molecule has 7 heteroatoms. The highest BCUT2D eigenvalue weighted by molar-refractivity contribution is 5.91. The highest BCUT2D eigenvalue weighted by Crippen LogP contribution is 2.21. The Bertz CT molecular complexity index is 1060. The van der Waals surface area contributed by atoms with Gasteiger partial charge in [-0.1, -0.05) is 90.9 Å². The molecule has 0 saturated heterocycles. The molecule has 0 N–H and O–H groups in total. The highest BCUT2D eigenvalue weighted by atomic mass is 16.5. The van der Waals surface area contributed by atoms with Crippen LogP contribution in [0, 0.1) is 0 Å². The lowest BCUT2D eigenvalue weighted by Crippen LogP contribution is -2.08. The van der Waals surface area contributed by atoms with E-state index in [2.05, 4.69) is 29.3 Å². The van der Waals surface area contributed by atoms with E-state index in [1.54, 1.807) is 29.1 Å². The van der Waals surface area contributed by atoms with E-state index in [4.69, 9.17) is 9.47 Å². The van der Waals surface area contributed by atoms with Gasteiger partial charge in [0.2, 0.25) is 5.82 Å². The van der Waals surface area contributed by atoms with Gasteiger partial charge in [0.05, 0.1) is 18.7 Å². The van der Waals surface area contributed by atoms with Crippen molar-refractivity contribution in [2.45, 2.75) is 110 Å². The molecule has 0 bridgehead atoms. The number of aromatic nitrogens is 4. The van der Waals surface area contributed by atoms with Crippen LogP contribution >= 0.6 is 0 Å². The van der Waals surface area contributed by atoms with Crippen LogP contribution in [0.4, 0.5) is 0 Å². The number of benzene rings is 2. The van der Waals surface area contributed by atoms with Crippen molar-refractivity contribution in [3.8, 4) is 22.9 Å². The number of hydrogen-bond acceptors (Lipinski definition) is 6. The molecule has 0 spiro atoms. The van der Waals surface area contributed by atoms with Crippen molar-refractivity contribution in [3.63, 3.8) is 0 Å². The highest BCUT2D eigenvalue weighted by Gasteiger charge is 2.11. The molecule has 7 nitrogen and oxygen atoms in total. The van der Waals surface area contributed by atoms with E-state index in [9.17, 15) is 4.79 Å². The monoisotopic (exact) mass is 534 g/mol. The van der Waals surface area contributed by atoms with Gasteiger partial charge in [-0.3, -0.25) is 0 Å². The SMILES string of the molecule is CCCCCCCCCOc1ccc(C(=O)Oc2ccc(-c3nnn(CCCCCCCCC)n3)cc2)cc1. The second-order valence-corrected chi connectivity index (χ2v) is 10.2. The second-order valence-electron chi connectivity index (χ2n) is 10.2. The Morgan fingerprint density at radius 3 is 1.90 bits per heavy atom. The number of aryl methyl sites for hydroxylation is 1. The fraction of sp³-hybridized carbons (Fsp3) is 0.562. The summed E-state index contributed by atoms with van der Waals surface area (Å²) in [5.41, 5.74) is 1.32. The maximum absolute atomic E-state index is 12.6. The first-order valence-corrected chi connectivity index (χ1v) is 15.0. The van der Waals surface area contributed by atoms with E-state index in [0.717, 1.165) is 30.7 Å². The number of esters is 1. The molecule has 0 aliphatic heterocycles. The van der Waals surface area contributed by atoms with Gasteiger partial charge in [-0.05, 0) is 66.6 Å². The minimum absolute atomic E-state index is 0.403. The Kier molecular flexibility index (Phi) is 14.1. The lowest BCUT2D eigenvalue weighted by atomic mass is 10.1. The first kappa shape index (κ1) is 30.3. The van der Waals surface area contributed by atoms with Gasteiger partial charge in [-0.25, -0.2) is 4.79 Å². The number of carbonyl (C=O) groups is 1. The van der Waals surface area contributed by atoms with Crippen molar-refractivity contribution >= 4 is 5.97 Å². The molecule has 39 heavy (non-hydrogen) atoms. The quantitative estimate of drug-likeness (QED) is 0.0822. The van der Waals surface area contributed by atoms with Crippen molar-refractivity contribution < 1.29 is 14.3 Å². The number of hydrogen-bond donors (Lipinski definition) is 0. The van der Waals surface area contributed by atoms with Crippen LogP contribution in [0.5, 0.6) is 11.5 Å². The number of rotatable bonds is 20. The average Bonchev–Trinajstić information content (AvgIpc) is 3.43. The molecule has 0 atom stereocenters. The molecule has 0 aliphatic carbocycles. The summed E-state index contributed by atoms with van der Waals surface area (Å²) in [6, 6.07) is 14.3. The number of ether oxygens (including phenoxy) is 2. The van der Waals surface area contributed by atoms with Crippen LogP contribution in [-0.4, -0.2) is 32.8 Å². The molecule has 3 rings (SSSR count). The lowest BCUT2D eigenvalue weighted by Gasteiger charge is -2.08. The van der Waals surface area contributed by atoms with Gasteiger partial charge in [0.15, 0.2) is 0 Å². The molecular weight excluding hydrogens is 488 g/mol. The molecule has 0 saturated carbocycles. The summed E-state index contributed by atoms with van der Waals surface area (Å²) in [6.07, 6.45) is 17.5. The summed E-state index contributed by atoms with van der Waals surface area (Å²) < 4.78 is 11.4. The largest absolute Gasteiger partial charge is 0.494 e. The predicted octanol–water partition coefficient (Wildman–Crippen LogP) is 8.44. The van der Waals surface area contributed by atoms with Crippen molar-refractivity contribution in [2.75, 3.05) is 6.61 Å². The van der Waals surface area contributed by atoms with Gasteiger partial charge < -0.3 is 9.47 Å². The molecule has 2 aromatic carbocycles. The number of unbranched alkanes of at least 4 members (excludes halogenated alkanes) is 12. The third-order valence-electron chi connectivity index (χ3n) is 6.84. The zero-order chi connectivity index (χ0) is 27.5. The third-order valence-corrected chi connectivity index (χ3v) is 6.84. The summed E-state index contributed by atoms with van der Waals surface area (Å²) in [5, 5.41) is 12.9. The Hall–Kier alpha value is -3.22.